The molecule has 1 heterocycles. The average molecular weight is 289 g/mol. The van der Waals surface area contributed by atoms with Crippen molar-refractivity contribution in [1.82, 2.24) is 9.97 Å². The largest absolute Gasteiger partial charge is 0.496 e. The molecular formula is C15H19N3O3. The standard InChI is InChI=1S/C15H19N3O3/c1-16-13-8-10(17-14(18-13)9-19-2)15-11(20-3)6-5-7-12(15)21-4/h5-8H,9H2,1-4H3,(H,16,17,18). The Labute approximate surface area is 124 Å². The molecule has 0 spiro atoms. The molecule has 1 aromatic carbocycles. The molecule has 0 aliphatic heterocycles. The van der Waals surface area contributed by atoms with Gasteiger partial charge in [0.05, 0.1) is 25.5 Å². The smallest absolute Gasteiger partial charge is 0.157 e. The molecule has 0 aliphatic rings. The van der Waals surface area contributed by atoms with Crippen LogP contribution in [0.2, 0.25) is 0 Å². The lowest BCUT2D eigenvalue weighted by Gasteiger charge is -2.14. The van der Waals surface area contributed by atoms with Crippen molar-refractivity contribution < 1.29 is 14.2 Å². The molecule has 0 unspecified atom stereocenters. The maximum absolute atomic E-state index is 5.42. The van der Waals surface area contributed by atoms with Crippen LogP contribution in [0.25, 0.3) is 11.3 Å². The third kappa shape index (κ3) is 3.22. The molecule has 112 valence electrons. The Morgan fingerprint density at radius 1 is 1.05 bits per heavy atom. The van der Waals surface area contributed by atoms with Crippen LogP contribution in [0, 0.1) is 0 Å². The first-order valence-electron chi connectivity index (χ1n) is 6.49. The van der Waals surface area contributed by atoms with Gasteiger partial charge < -0.3 is 19.5 Å². The van der Waals surface area contributed by atoms with E-state index >= 15 is 0 Å². The van der Waals surface area contributed by atoms with Gasteiger partial charge in [-0.1, -0.05) is 6.07 Å². The Morgan fingerprint density at radius 3 is 2.24 bits per heavy atom. The van der Waals surface area contributed by atoms with Gasteiger partial charge in [-0.2, -0.15) is 0 Å². The third-order valence-electron chi connectivity index (χ3n) is 2.99. The normalized spacial score (nSPS) is 10.3. The second-order valence-corrected chi connectivity index (χ2v) is 4.28. The molecule has 0 atom stereocenters. The minimum Gasteiger partial charge on any atom is -0.496 e. The van der Waals surface area contributed by atoms with Gasteiger partial charge in [-0.3, -0.25) is 0 Å². The minimum absolute atomic E-state index is 0.333. The van der Waals surface area contributed by atoms with Crippen LogP contribution in [-0.4, -0.2) is 38.3 Å². The summed E-state index contributed by atoms with van der Waals surface area (Å²) in [6, 6.07) is 7.46. The van der Waals surface area contributed by atoms with Crippen molar-refractivity contribution in [3.05, 3.63) is 30.1 Å². The van der Waals surface area contributed by atoms with Gasteiger partial charge in [0.1, 0.15) is 23.9 Å². The highest BCUT2D eigenvalue weighted by molar-refractivity contribution is 5.75. The lowest BCUT2D eigenvalue weighted by atomic mass is 10.1. The van der Waals surface area contributed by atoms with Gasteiger partial charge in [-0.25, -0.2) is 9.97 Å². The molecule has 1 aromatic heterocycles. The molecule has 0 saturated heterocycles. The van der Waals surface area contributed by atoms with E-state index in [1.165, 1.54) is 0 Å². The molecule has 2 rings (SSSR count). The number of anilines is 1. The number of ether oxygens (including phenoxy) is 3. The summed E-state index contributed by atoms with van der Waals surface area (Å²) in [4.78, 5) is 8.87. The van der Waals surface area contributed by atoms with E-state index in [9.17, 15) is 0 Å². The van der Waals surface area contributed by atoms with E-state index in [4.69, 9.17) is 14.2 Å². The van der Waals surface area contributed by atoms with E-state index in [0.717, 1.165) is 11.3 Å². The van der Waals surface area contributed by atoms with Gasteiger partial charge in [0.2, 0.25) is 0 Å². The van der Waals surface area contributed by atoms with Crippen molar-refractivity contribution in [3.63, 3.8) is 0 Å². The van der Waals surface area contributed by atoms with E-state index in [1.807, 2.05) is 31.3 Å². The maximum atomic E-state index is 5.42. The monoisotopic (exact) mass is 289 g/mol. The first kappa shape index (κ1) is 15.1. The van der Waals surface area contributed by atoms with Crippen LogP contribution in [-0.2, 0) is 11.3 Å². The number of nitrogens with zero attached hydrogens (tertiary/aromatic N) is 2. The van der Waals surface area contributed by atoms with Crippen molar-refractivity contribution in [2.24, 2.45) is 0 Å². The van der Waals surface area contributed by atoms with Crippen molar-refractivity contribution in [3.8, 4) is 22.8 Å². The third-order valence-corrected chi connectivity index (χ3v) is 2.99. The highest BCUT2D eigenvalue weighted by Crippen LogP contribution is 2.37. The van der Waals surface area contributed by atoms with Crippen LogP contribution in [0.5, 0.6) is 11.5 Å². The summed E-state index contributed by atoms with van der Waals surface area (Å²) >= 11 is 0. The lowest BCUT2D eigenvalue weighted by Crippen LogP contribution is -2.04. The van der Waals surface area contributed by atoms with Gasteiger partial charge in [0, 0.05) is 20.2 Å². The molecule has 0 radical (unpaired) electrons. The number of methoxy groups -OCH3 is 3. The van der Waals surface area contributed by atoms with E-state index in [0.29, 0.717) is 29.7 Å². The van der Waals surface area contributed by atoms with E-state index in [-0.39, 0.29) is 0 Å². The number of benzene rings is 1. The molecule has 21 heavy (non-hydrogen) atoms. The Balaban J connectivity index is 2.62. The topological polar surface area (TPSA) is 65.5 Å². The number of aromatic nitrogens is 2. The highest BCUT2D eigenvalue weighted by atomic mass is 16.5. The number of hydrogen-bond acceptors (Lipinski definition) is 6. The summed E-state index contributed by atoms with van der Waals surface area (Å²) in [5.74, 6) is 2.68. The van der Waals surface area contributed by atoms with E-state index < -0.39 is 0 Å². The lowest BCUT2D eigenvalue weighted by molar-refractivity contribution is 0.178. The molecule has 1 N–H and O–H groups in total. The summed E-state index contributed by atoms with van der Waals surface area (Å²) in [5.41, 5.74) is 1.51. The van der Waals surface area contributed by atoms with Gasteiger partial charge in [-0.15, -0.1) is 0 Å². The van der Waals surface area contributed by atoms with Crippen molar-refractivity contribution in [2.75, 3.05) is 33.7 Å². The van der Waals surface area contributed by atoms with Crippen LogP contribution < -0.4 is 14.8 Å². The van der Waals surface area contributed by atoms with Crippen LogP contribution in [0.1, 0.15) is 5.82 Å². The molecule has 0 saturated carbocycles. The summed E-state index contributed by atoms with van der Waals surface area (Å²) in [5, 5.41) is 3.02. The first-order chi connectivity index (χ1) is 10.2. The maximum Gasteiger partial charge on any atom is 0.157 e. The summed E-state index contributed by atoms with van der Waals surface area (Å²) in [7, 11) is 6.66. The van der Waals surface area contributed by atoms with Crippen molar-refractivity contribution >= 4 is 5.82 Å². The molecule has 0 aliphatic carbocycles. The van der Waals surface area contributed by atoms with Crippen LogP contribution in [0.3, 0.4) is 0 Å². The van der Waals surface area contributed by atoms with Crippen LogP contribution in [0.4, 0.5) is 5.82 Å². The van der Waals surface area contributed by atoms with E-state index in [2.05, 4.69) is 15.3 Å². The zero-order chi connectivity index (χ0) is 15.2. The Bertz CT molecular complexity index is 595. The molecule has 0 amide bonds. The van der Waals surface area contributed by atoms with Crippen molar-refractivity contribution in [2.45, 2.75) is 6.61 Å². The predicted molar refractivity (Wildman–Crippen MR) is 80.8 cm³/mol. The Morgan fingerprint density at radius 2 is 1.71 bits per heavy atom. The summed E-state index contributed by atoms with van der Waals surface area (Å²) < 4.78 is 16.0. The van der Waals surface area contributed by atoms with Crippen molar-refractivity contribution in [1.29, 1.82) is 0 Å². The minimum atomic E-state index is 0.333. The van der Waals surface area contributed by atoms with Crippen LogP contribution >= 0.6 is 0 Å². The van der Waals surface area contributed by atoms with Crippen LogP contribution in [0.15, 0.2) is 24.3 Å². The molecule has 2 aromatic rings. The molecule has 0 bridgehead atoms. The zero-order valence-electron chi connectivity index (χ0n) is 12.6. The van der Waals surface area contributed by atoms with Gasteiger partial charge in [0.15, 0.2) is 5.82 Å². The molecule has 0 fully saturated rings. The van der Waals surface area contributed by atoms with Gasteiger partial charge in [0.25, 0.3) is 0 Å². The fourth-order valence-electron chi connectivity index (χ4n) is 2.05. The van der Waals surface area contributed by atoms with Gasteiger partial charge in [-0.05, 0) is 12.1 Å². The first-order valence-corrected chi connectivity index (χ1v) is 6.49. The second-order valence-electron chi connectivity index (χ2n) is 4.28. The fraction of sp³-hybridized carbons (Fsp3) is 0.333. The molecular weight excluding hydrogens is 270 g/mol. The SMILES string of the molecule is CNc1cc(-c2c(OC)cccc2OC)nc(COC)n1. The van der Waals surface area contributed by atoms with Gasteiger partial charge >= 0.3 is 0 Å². The summed E-state index contributed by atoms with van der Waals surface area (Å²) in [6.45, 7) is 0.333. The molecule has 6 heteroatoms. The predicted octanol–water partition coefficient (Wildman–Crippen LogP) is 2.35. The zero-order valence-corrected chi connectivity index (χ0v) is 12.6. The molecule has 6 nitrogen and oxygen atoms in total. The Hall–Kier alpha value is -2.34. The number of hydrogen-bond donors (Lipinski definition) is 1. The number of rotatable bonds is 6. The quantitative estimate of drug-likeness (QED) is 0.880. The van der Waals surface area contributed by atoms with E-state index in [1.54, 1.807) is 21.3 Å². The fourth-order valence-corrected chi connectivity index (χ4v) is 2.05. The second kappa shape index (κ2) is 6.90. The summed E-state index contributed by atoms with van der Waals surface area (Å²) in [6.07, 6.45) is 0. The number of nitrogens with one attached hydrogen (secondary N) is 1. The average Bonchev–Trinajstić information content (AvgIpc) is 2.53. The highest BCUT2D eigenvalue weighted by Gasteiger charge is 2.15. The Kier molecular flexibility index (Phi) is 4.94.